The molecule has 0 spiro atoms. The minimum absolute atomic E-state index is 0.00945. The Morgan fingerprint density at radius 2 is 1.70 bits per heavy atom. The summed E-state index contributed by atoms with van der Waals surface area (Å²) in [5.41, 5.74) is 3.00. The summed E-state index contributed by atoms with van der Waals surface area (Å²) in [5.74, 6) is -1.30. The van der Waals surface area contributed by atoms with Crippen molar-refractivity contribution in [3.05, 3.63) is 88.7 Å². The lowest BCUT2D eigenvalue weighted by atomic mass is 9.85. The van der Waals surface area contributed by atoms with Crippen LogP contribution >= 0.6 is 0 Å². The topological polar surface area (TPSA) is 60.9 Å². The number of hydrogen-bond donors (Lipinski definition) is 1. The van der Waals surface area contributed by atoms with Crippen LogP contribution in [0.3, 0.4) is 0 Å². The number of aliphatic hydroxyl groups excluding tert-OH is 1. The Balaban J connectivity index is 1.96. The fourth-order valence-corrected chi connectivity index (χ4v) is 4.03. The Morgan fingerprint density at radius 1 is 1.06 bits per heavy atom. The zero-order valence-corrected chi connectivity index (χ0v) is 20.2. The molecule has 1 amide bonds. The highest BCUT2D eigenvalue weighted by atomic mass is 16.3. The predicted octanol–water partition coefficient (Wildman–Crippen LogP) is 4.91. The van der Waals surface area contributed by atoms with Crippen LogP contribution in [0.4, 0.5) is 0 Å². The Kier molecular flexibility index (Phi) is 7.54. The molecule has 1 N–H and O–H groups in total. The van der Waals surface area contributed by atoms with E-state index in [1.165, 1.54) is 11.6 Å². The van der Waals surface area contributed by atoms with Gasteiger partial charge in [0.1, 0.15) is 0 Å². The molecule has 1 aliphatic heterocycles. The molecule has 5 heteroatoms. The van der Waals surface area contributed by atoms with Crippen LogP contribution in [0.1, 0.15) is 49.9 Å². The van der Waals surface area contributed by atoms with Gasteiger partial charge in [-0.1, -0.05) is 81.4 Å². The lowest BCUT2D eigenvalue weighted by Crippen LogP contribution is -2.33. The van der Waals surface area contributed by atoms with Crippen molar-refractivity contribution in [3.8, 4) is 0 Å². The van der Waals surface area contributed by atoms with Crippen LogP contribution in [-0.2, 0) is 15.0 Å². The monoisotopic (exact) mass is 446 g/mol. The number of rotatable bonds is 8. The Hall–Kier alpha value is -3.18. The molecular weight excluding hydrogens is 412 g/mol. The maximum absolute atomic E-state index is 13.2. The highest BCUT2D eigenvalue weighted by Crippen LogP contribution is 2.38. The van der Waals surface area contributed by atoms with Gasteiger partial charge in [-0.3, -0.25) is 9.59 Å². The lowest BCUT2D eigenvalue weighted by molar-refractivity contribution is -0.129. The van der Waals surface area contributed by atoms with Crippen LogP contribution in [0.2, 0.25) is 0 Å². The van der Waals surface area contributed by atoms with Crippen LogP contribution in [0.15, 0.2) is 72.0 Å². The second-order valence-electron chi connectivity index (χ2n) is 9.80. The van der Waals surface area contributed by atoms with Crippen molar-refractivity contribution >= 4 is 17.8 Å². The Labute approximate surface area is 197 Å². The van der Waals surface area contributed by atoms with Crippen molar-refractivity contribution < 1.29 is 14.7 Å². The highest BCUT2D eigenvalue weighted by molar-refractivity contribution is 6.14. The van der Waals surface area contributed by atoms with E-state index in [0.717, 1.165) is 24.1 Å². The van der Waals surface area contributed by atoms with Gasteiger partial charge in [0.05, 0.1) is 11.6 Å². The summed E-state index contributed by atoms with van der Waals surface area (Å²) in [5, 5.41) is 10.7. The van der Waals surface area contributed by atoms with Crippen LogP contribution in [0.5, 0.6) is 0 Å². The van der Waals surface area contributed by atoms with Gasteiger partial charge < -0.3 is 14.9 Å². The van der Waals surface area contributed by atoms with Gasteiger partial charge in [-0.05, 0) is 55.2 Å². The average molecular weight is 447 g/mol. The smallest absolute Gasteiger partial charge is 0.290 e. The number of nitrogens with zero attached hydrogens (tertiary/aromatic N) is 2. The third kappa shape index (κ3) is 5.79. The van der Waals surface area contributed by atoms with Gasteiger partial charge in [-0.25, -0.2) is 0 Å². The minimum atomic E-state index is -0.610. The molecule has 0 aromatic heterocycles. The second kappa shape index (κ2) is 10.2. The van der Waals surface area contributed by atoms with Crippen molar-refractivity contribution in [2.75, 3.05) is 27.2 Å². The molecule has 0 bridgehead atoms. The number of carbonyl (C=O) groups is 2. The number of benzene rings is 2. The summed E-state index contributed by atoms with van der Waals surface area (Å²) >= 11 is 0. The van der Waals surface area contributed by atoms with Crippen LogP contribution < -0.4 is 0 Å². The van der Waals surface area contributed by atoms with Crippen molar-refractivity contribution in [3.63, 3.8) is 0 Å². The minimum Gasteiger partial charge on any atom is -0.503 e. The highest BCUT2D eigenvalue weighted by Gasteiger charge is 2.42. The van der Waals surface area contributed by atoms with E-state index in [0.29, 0.717) is 6.54 Å². The molecule has 3 rings (SSSR count). The quantitative estimate of drug-likeness (QED) is 0.585. The summed E-state index contributed by atoms with van der Waals surface area (Å²) in [7, 11) is 3.96. The van der Waals surface area contributed by atoms with E-state index in [-0.39, 0.29) is 16.8 Å². The third-order valence-electron chi connectivity index (χ3n) is 5.89. The number of ketones is 1. The van der Waals surface area contributed by atoms with Gasteiger partial charge in [0.25, 0.3) is 5.91 Å². The third-order valence-corrected chi connectivity index (χ3v) is 5.89. The van der Waals surface area contributed by atoms with Crippen molar-refractivity contribution in [1.82, 2.24) is 9.80 Å². The van der Waals surface area contributed by atoms with Gasteiger partial charge in [-0.15, -0.1) is 0 Å². The molecule has 1 aliphatic rings. The zero-order valence-electron chi connectivity index (χ0n) is 20.2. The fraction of sp³-hybridized carbons (Fsp3) is 0.357. The van der Waals surface area contributed by atoms with Gasteiger partial charge in [0.2, 0.25) is 0 Å². The van der Waals surface area contributed by atoms with Crippen molar-refractivity contribution in [1.29, 1.82) is 0 Å². The van der Waals surface area contributed by atoms with E-state index in [1.807, 2.05) is 68.7 Å². The molecule has 0 fully saturated rings. The molecule has 0 saturated heterocycles. The average Bonchev–Trinajstić information content (AvgIpc) is 3.02. The van der Waals surface area contributed by atoms with Crippen LogP contribution in [0.25, 0.3) is 6.08 Å². The van der Waals surface area contributed by atoms with Gasteiger partial charge in [0.15, 0.2) is 11.5 Å². The number of carbonyl (C=O) groups excluding carboxylic acids is 2. The second-order valence-corrected chi connectivity index (χ2v) is 9.80. The predicted molar refractivity (Wildman–Crippen MR) is 133 cm³/mol. The number of amides is 1. The molecule has 2 aromatic carbocycles. The number of allylic oxidation sites excluding steroid dienone is 1. The molecule has 33 heavy (non-hydrogen) atoms. The normalized spacial score (nSPS) is 17.0. The standard InChI is InChI=1S/C28H34N2O3/c1-28(2,3)22-15-13-21(14-16-22)25-24(23(31)17-12-20-10-7-6-8-11-20)26(32)27(33)30(25)19-9-18-29(4)5/h6-8,10-17,25,32H,9,18-19H2,1-5H3/b17-12+. The summed E-state index contributed by atoms with van der Waals surface area (Å²) in [6, 6.07) is 16.9. The van der Waals surface area contributed by atoms with E-state index in [2.05, 4.69) is 25.7 Å². The molecule has 0 saturated carbocycles. The van der Waals surface area contributed by atoms with Crippen LogP contribution in [0, 0.1) is 0 Å². The Bertz CT molecular complexity index is 1040. The maximum Gasteiger partial charge on any atom is 0.290 e. The summed E-state index contributed by atoms with van der Waals surface area (Å²) in [4.78, 5) is 29.9. The summed E-state index contributed by atoms with van der Waals surface area (Å²) < 4.78 is 0. The molecule has 174 valence electrons. The molecule has 0 radical (unpaired) electrons. The van der Waals surface area contributed by atoms with Crippen molar-refractivity contribution in [2.24, 2.45) is 0 Å². The number of hydrogen-bond acceptors (Lipinski definition) is 4. The van der Waals surface area contributed by atoms with Crippen LogP contribution in [-0.4, -0.2) is 53.8 Å². The molecule has 1 heterocycles. The van der Waals surface area contributed by atoms with Gasteiger partial charge in [0, 0.05) is 6.54 Å². The first-order chi connectivity index (χ1) is 15.6. The first kappa shape index (κ1) is 24.5. The SMILES string of the molecule is CN(C)CCCN1C(=O)C(O)=C(C(=O)/C=C/c2ccccc2)C1c1ccc(C(C)(C)C)cc1. The molecule has 5 nitrogen and oxygen atoms in total. The first-order valence-corrected chi connectivity index (χ1v) is 11.4. The molecular formula is C28H34N2O3. The summed E-state index contributed by atoms with van der Waals surface area (Å²) in [6.45, 7) is 7.68. The summed E-state index contributed by atoms with van der Waals surface area (Å²) in [6.07, 6.45) is 3.89. The largest absolute Gasteiger partial charge is 0.503 e. The first-order valence-electron chi connectivity index (χ1n) is 11.4. The fourth-order valence-electron chi connectivity index (χ4n) is 4.03. The Morgan fingerprint density at radius 3 is 2.27 bits per heavy atom. The van der Waals surface area contributed by atoms with E-state index in [4.69, 9.17) is 0 Å². The van der Waals surface area contributed by atoms with Crippen molar-refractivity contribution in [2.45, 2.75) is 38.6 Å². The molecule has 0 aliphatic carbocycles. The maximum atomic E-state index is 13.2. The van der Waals surface area contributed by atoms with Gasteiger partial charge in [-0.2, -0.15) is 0 Å². The van der Waals surface area contributed by atoms with E-state index < -0.39 is 17.7 Å². The zero-order chi connectivity index (χ0) is 24.2. The van der Waals surface area contributed by atoms with E-state index in [1.54, 1.807) is 11.0 Å². The number of aliphatic hydroxyl groups is 1. The van der Waals surface area contributed by atoms with E-state index in [9.17, 15) is 14.7 Å². The molecule has 2 aromatic rings. The lowest BCUT2D eigenvalue weighted by Gasteiger charge is -2.28. The van der Waals surface area contributed by atoms with Gasteiger partial charge >= 0.3 is 0 Å². The van der Waals surface area contributed by atoms with E-state index >= 15 is 0 Å². The molecule has 1 atom stereocenters. The molecule has 1 unspecified atom stereocenters.